The molecule has 1 aliphatic heterocycles. The summed E-state index contributed by atoms with van der Waals surface area (Å²) in [4.78, 5) is 37.5. The van der Waals surface area contributed by atoms with Gasteiger partial charge < -0.3 is 10.1 Å². The van der Waals surface area contributed by atoms with Crippen LogP contribution in [0.3, 0.4) is 0 Å². The molecule has 6 nitrogen and oxygen atoms in total. The molecule has 0 bridgehead atoms. The number of carbonyl (C=O) groups excluding carboxylic acids is 3. The van der Waals surface area contributed by atoms with Crippen LogP contribution in [0.4, 0.5) is 23.2 Å². The summed E-state index contributed by atoms with van der Waals surface area (Å²) in [5.74, 6) is -4.13. The van der Waals surface area contributed by atoms with E-state index in [9.17, 15) is 31.9 Å². The molecule has 0 spiro atoms. The smallest absolute Gasteiger partial charge is 0.406 e. The molecule has 0 radical (unpaired) electrons. The molecule has 1 atom stereocenters. The van der Waals surface area contributed by atoms with Gasteiger partial charge in [0.2, 0.25) is 17.7 Å². The summed E-state index contributed by atoms with van der Waals surface area (Å²) in [6, 6.07) is 9.93. The Hall–Kier alpha value is -3.43. The molecule has 152 valence electrons. The van der Waals surface area contributed by atoms with Crippen LogP contribution in [0.25, 0.3) is 0 Å². The lowest BCUT2D eigenvalue weighted by Crippen LogP contribution is -2.37. The van der Waals surface area contributed by atoms with Gasteiger partial charge in [-0.1, -0.05) is 18.2 Å². The summed E-state index contributed by atoms with van der Waals surface area (Å²) in [7, 11) is 0. The number of carbonyl (C=O) groups is 3. The molecule has 1 N–H and O–H groups in total. The number of amides is 3. The SMILES string of the molecule is O=C(CN1C(=O)CC(c2ccccc2F)C1=O)Nc1ccc(OC(F)(F)F)cc1. The molecule has 1 heterocycles. The van der Waals surface area contributed by atoms with Gasteiger partial charge in [0.25, 0.3) is 0 Å². The van der Waals surface area contributed by atoms with Gasteiger partial charge in [0.05, 0.1) is 5.92 Å². The van der Waals surface area contributed by atoms with Crippen LogP contribution in [0.15, 0.2) is 48.5 Å². The minimum atomic E-state index is -4.84. The van der Waals surface area contributed by atoms with Gasteiger partial charge in [-0.15, -0.1) is 13.2 Å². The first-order valence-electron chi connectivity index (χ1n) is 8.38. The standard InChI is InChI=1S/C19H14F4N2O4/c20-15-4-2-1-3-13(15)14-9-17(27)25(18(14)28)10-16(26)24-11-5-7-12(8-6-11)29-19(21,22)23/h1-8,14H,9-10H2,(H,24,26). The van der Waals surface area contributed by atoms with Gasteiger partial charge >= 0.3 is 6.36 Å². The quantitative estimate of drug-likeness (QED) is 0.607. The highest BCUT2D eigenvalue weighted by atomic mass is 19.4. The van der Waals surface area contributed by atoms with E-state index in [0.717, 1.165) is 17.0 Å². The molecule has 3 rings (SSSR count). The second-order valence-corrected chi connectivity index (χ2v) is 6.22. The summed E-state index contributed by atoms with van der Waals surface area (Å²) in [6.45, 7) is -0.594. The summed E-state index contributed by atoms with van der Waals surface area (Å²) >= 11 is 0. The van der Waals surface area contributed by atoms with Crippen LogP contribution in [0.2, 0.25) is 0 Å². The molecule has 29 heavy (non-hydrogen) atoms. The van der Waals surface area contributed by atoms with Crippen molar-refractivity contribution in [2.75, 3.05) is 11.9 Å². The van der Waals surface area contributed by atoms with E-state index in [1.54, 1.807) is 0 Å². The Morgan fingerprint density at radius 1 is 1.10 bits per heavy atom. The molecule has 1 unspecified atom stereocenters. The highest BCUT2D eigenvalue weighted by Gasteiger charge is 2.41. The predicted octanol–water partition coefficient (Wildman–Crippen LogP) is 3.21. The maximum atomic E-state index is 13.9. The number of benzene rings is 2. The summed E-state index contributed by atoms with van der Waals surface area (Å²) < 4.78 is 54.1. The number of anilines is 1. The number of hydrogen-bond acceptors (Lipinski definition) is 4. The fraction of sp³-hybridized carbons (Fsp3) is 0.211. The van der Waals surface area contributed by atoms with Gasteiger partial charge in [0.1, 0.15) is 18.1 Å². The summed E-state index contributed by atoms with van der Waals surface area (Å²) in [6.07, 6.45) is -5.09. The van der Waals surface area contributed by atoms with Crippen LogP contribution in [0.1, 0.15) is 17.9 Å². The second kappa shape index (κ2) is 7.90. The highest BCUT2D eigenvalue weighted by molar-refractivity contribution is 6.09. The van der Waals surface area contributed by atoms with E-state index >= 15 is 0 Å². The fourth-order valence-corrected chi connectivity index (χ4v) is 2.93. The van der Waals surface area contributed by atoms with Crippen molar-refractivity contribution in [3.8, 4) is 5.75 Å². The average molecular weight is 410 g/mol. The van der Waals surface area contributed by atoms with E-state index in [1.807, 2.05) is 0 Å². The molecule has 2 aromatic carbocycles. The van der Waals surface area contributed by atoms with Crippen LogP contribution < -0.4 is 10.1 Å². The van der Waals surface area contributed by atoms with Gasteiger partial charge in [0.15, 0.2) is 0 Å². The minimum Gasteiger partial charge on any atom is -0.406 e. The van der Waals surface area contributed by atoms with Crippen LogP contribution >= 0.6 is 0 Å². The molecule has 0 aliphatic carbocycles. The third kappa shape index (κ3) is 4.89. The van der Waals surface area contributed by atoms with E-state index in [1.165, 1.54) is 36.4 Å². The third-order valence-electron chi connectivity index (χ3n) is 4.20. The highest BCUT2D eigenvalue weighted by Crippen LogP contribution is 2.31. The topological polar surface area (TPSA) is 75.7 Å². The number of hydrogen-bond donors (Lipinski definition) is 1. The zero-order valence-corrected chi connectivity index (χ0v) is 14.7. The van der Waals surface area contributed by atoms with Crippen molar-refractivity contribution < 1.29 is 36.7 Å². The van der Waals surface area contributed by atoms with Gasteiger partial charge in [-0.3, -0.25) is 19.3 Å². The molecule has 0 saturated carbocycles. The Balaban J connectivity index is 1.62. The lowest BCUT2D eigenvalue weighted by molar-refractivity contribution is -0.274. The largest absolute Gasteiger partial charge is 0.573 e. The van der Waals surface area contributed by atoms with Gasteiger partial charge in [0, 0.05) is 17.7 Å². The lowest BCUT2D eigenvalue weighted by atomic mass is 9.97. The normalized spacial score (nSPS) is 16.8. The first-order chi connectivity index (χ1) is 13.6. The number of alkyl halides is 3. The Morgan fingerprint density at radius 3 is 2.38 bits per heavy atom. The zero-order valence-electron chi connectivity index (χ0n) is 14.7. The van der Waals surface area contributed by atoms with E-state index in [-0.39, 0.29) is 17.7 Å². The van der Waals surface area contributed by atoms with Crippen LogP contribution in [0.5, 0.6) is 5.75 Å². The molecule has 0 aromatic heterocycles. The first kappa shape index (κ1) is 20.3. The van der Waals surface area contributed by atoms with Crippen molar-refractivity contribution >= 4 is 23.4 Å². The maximum Gasteiger partial charge on any atom is 0.573 e. The van der Waals surface area contributed by atoms with Crippen molar-refractivity contribution in [1.82, 2.24) is 4.90 Å². The molecule has 1 saturated heterocycles. The molecule has 1 fully saturated rings. The lowest BCUT2D eigenvalue weighted by Gasteiger charge is -2.15. The monoisotopic (exact) mass is 410 g/mol. The average Bonchev–Trinajstić information content (AvgIpc) is 2.90. The number of nitrogens with one attached hydrogen (secondary N) is 1. The Bertz CT molecular complexity index is 944. The Kier molecular flexibility index (Phi) is 5.53. The number of halogens is 4. The predicted molar refractivity (Wildman–Crippen MR) is 92.2 cm³/mol. The van der Waals surface area contributed by atoms with E-state index in [4.69, 9.17) is 0 Å². The number of ether oxygens (including phenoxy) is 1. The number of nitrogens with zero attached hydrogens (tertiary/aromatic N) is 1. The van der Waals surface area contributed by atoms with Crippen LogP contribution in [-0.4, -0.2) is 35.5 Å². The fourth-order valence-electron chi connectivity index (χ4n) is 2.93. The molecule has 1 aliphatic rings. The second-order valence-electron chi connectivity index (χ2n) is 6.22. The number of likely N-dealkylation sites (tertiary alicyclic amines) is 1. The van der Waals surface area contributed by atoms with Crippen molar-refractivity contribution in [2.45, 2.75) is 18.7 Å². The third-order valence-corrected chi connectivity index (χ3v) is 4.20. The van der Waals surface area contributed by atoms with Crippen LogP contribution in [-0.2, 0) is 14.4 Å². The van der Waals surface area contributed by atoms with Gasteiger partial charge in [-0.25, -0.2) is 4.39 Å². The maximum absolute atomic E-state index is 13.9. The number of imide groups is 1. The first-order valence-corrected chi connectivity index (χ1v) is 8.38. The van der Waals surface area contributed by atoms with Crippen molar-refractivity contribution in [2.24, 2.45) is 0 Å². The Morgan fingerprint density at radius 2 is 1.76 bits per heavy atom. The summed E-state index contributed by atoms with van der Waals surface area (Å²) in [5.41, 5.74) is 0.225. The van der Waals surface area contributed by atoms with Gasteiger partial charge in [-0.2, -0.15) is 0 Å². The molecule has 10 heteroatoms. The van der Waals surface area contributed by atoms with E-state index in [2.05, 4.69) is 10.1 Å². The minimum absolute atomic E-state index is 0.0778. The van der Waals surface area contributed by atoms with E-state index < -0.39 is 48.1 Å². The molecular weight excluding hydrogens is 396 g/mol. The molecular formula is C19H14F4N2O4. The summed E-state index contributed by atoms with van der Waals surface area (Å²) in [5, 5.41) is 2.37. The zero-order chi connectivity index (χ0) is 21.2. The van der Waals surface area contributed by atoms with Crippen molar-refractivity contribution in [1.29, 1.82) is 0 Å². The number of rotatable bonds is 5. The van der Waals surface area contributed by atoms with Gasteiger partial charge in [-0.05, 0) is 30.3 Å². The van der Waals surface area contributed by atoms with Crippen molar-refractivity contribution in [3.63, 3.8) is 0 Å². The van der Waals surface area contributed by atoms with Crippen LogP contribution in [0, 0.1) is 5.82 Å². The Labute approximate surface area is 162 Å². The van der Waals surface area contributed by atoms with E-state index in [0.29, 0.717) is 0 Å². The van der Waals surface area contributed by atoms with Crippen molar-refractivity contribution in [3.05, 3.63) is 59.9 Å². The molecule has 2 aromatic rings. The molecule has 3 amide bonds.